The highest BCUT2D eigenvalue weighted by atomic mass is 19.1. The number of hydrogen-bond donors (Lipinski definition) is 1. The van der Waals surface area contributed by atoms with Gasteiger partial charge >= 0.3 is 0 Å². The first kappa shape index (κ1) is 14.5. The molecule has 1 heterocycles. The van der Waals surface area contributed by atoms with Crippen molar-refractivity contribution in [1.29, 1.82) is 0 Å². The Labute approximate surface area is 118 Å². The number of aryl methyl sites for hydroxylation is 1. The van der Waals surface area contributed by atoms with Gasteiger partial charge in [0.15, 0.2) is 0 Å². The van der Waals surface area contributed by atoms with Gasteiger partial charge in [-0.25, -0.2) is 9.37 Å². The first-order chi connectivity index (χ1) is 9.67. The van der Waals surface area contributed by atoms with Crippen LogP contribution in [-0.4, -0.2) is 23.2 Å². The summed E-state index contributed by atoms with van der Waals surface area (Å²) in [5.41, 5.74) is 0.577. The van der Waals surface area contributed by atoms with E-state index in [0.29, 0.717) is 11.3 Å². The average Bonchev–Trinajstić information content (AvgIpc) is 2.87. The summed E-state index contributed by atoms with van der Waals surface area (Å²) in [4.78, 5) is 4.33. The van der Waals surface area contributed by atoms with Gasteiger partial charge in [-0.1, -0.05) is 13.0 Å². The van der Waals surface area contributed by atoms with E-state index in [1.54, 1.807) is 18.3 Å². The molecule has 2 aromatic rings. The summed E-state index contributed by atoms with van der Waals surface area (Å²) in [6, 6.07) is 4.65. The molecule has 0 aliphatic carbocycles. The number of benzene rings is 1. The Bertz CT molecular complexity index is 568. The zero-order valence-electron chi connectivity index (χ0n) is 12.1. The Kier molecular flexibility index (Phi) is 4.74. The van der Waals surface area contributed by atoms with Crippen molar-refractivity contribution in [1.82, 2.24) is 14.9 Å². The van der Waals surface area contributed by atoms with Gasteiger partial charge in [-0.15, -0.1) is 0 Å². The van der Waals surface area contributed by atoms with Gasteiger partial charge in [0.2, 0.25) is 0 Å². The van der Waals surface area contributed by atoms with Crippen LogP contribution in [0.5, 0.6) is 5.75 Å². The molecule has 108 valence electrons. The number of rotatable bonds is 6. The molecule has 1 aromatic carbocycles. The van der Waals surface area contributed by atoms with Gasteiger partial charge in [0.25, 0.3) is 0 Å². The number of ether oxygens (including phenoxy) is 1. The lowest BCUT2D eigenvalue weighted by atomic mass is 10.0. The predicted molar refractivity (Wildman–Crippen MR) is 76.3 cm³/mol. The lowest BCUT2D eigenvalue weighted by molar-refractivity contribution is 0.409. The van der Waals surface area contributed by atoms with Crippen molar-refractivity contribution >= 4 is 0 Å². The van der Waals surface area contributed by atoms with E-state index in [9.17, 15) is 4.39 Å². The van der Waals surface area contributed by atoms with Crippen LogP contribution < -0.4 is 10.1 Å². The van der Waals surface area contributed by atoms with Crippen LogP contribution >= 0.6 is 0 Å². The molecule has 0 amide bonds. The molecule has 0 saturated carbocycles. The van der Waals surface area contributed by atoms with Crippen LogP contribution in [0.4, 0.5) is 4.39 Å². The highest BCUT2D eigenvalue weighted by Crippen LogP contribution is 2.26. The molecule has 5 heteroatoms. The third-order valence-corrected chi connectivity index (χ3v) is 3.23. The molecule has 1 unspecified atom stereocenters. The molecule has 2 rings (SSSR count). The average molecular weight is 277 g/mol. The third-order valence-electron chi connectivity index (χ3n) is 3.23. The molecule has 0 radical (unpaired) electrons. The van der Waals surface area contributed by atoms with Gasteiger partial charge < -0.3 is 14.6 Å². The molecule has 0 spiro atoms. The van der Waals surface area contributed by atoms with E-state index in [0.717, 1.165) is 18.8 Å². The molecule has 0 saturated heterocycles. The SMILES string of the molecule is CCCNC(c1ccc(OC)cc1F)c1nccn1C. The Morgan fingerprint density at radius 2 is 2.25 bits per heavy atom. The molecule has 4 nitrogen and oxygen atoms in total. The second kappa shape index (κ2) is 6.52. The van der Waals surface area contributed by atoms with Gasteiger partial charge in [0.1, 0.15) is 17.4 Å². The zero-order chi connectivity index (χ0) is 14.5. The van der Waals surface area contributed by atoms with Gasteiger partial charge in [-0.05, 0) is 19.0 Å². The van der Waals surface area contributed by atoms with Crippen molar-refractivity contribution < 1.29 is 9.13 Å². The summed E-state index contributed by atoms with van der Waals surface area (Å²) in [5, 5.41) is 3.34. The van der Waals surface area contributed by atoms with E-state index >= 15 is 0 Å². The monoisotopic (exact) mass is 277 g/mol. The second-order valence-corrected chi connectivity index (χ2v) is 4.67. The summed E-state index contributed by atoms with van der Waals surface area (Å²) in [5.74, 6) is 1.02. The minimum Gasteiger partial charge on any atom is -0.497 e. The zero-order valence-corrected chi connectivity index (χ0v) is 12.1. The van der Waals surface area contributed by atoms with Crippen LogP contribution in [0.15, 0.2) is 30.6 Å². The molecule has 1 atom stereocenters. The van der Waals surface area contributed by atoms with Crippen LogP contribution in [0.25, 0.3) is 0 Å². The second-order valence-electron chi connectivity index (χ2n) is 4.67. The molecular formula is C15H20FN3O. The number of nitrogens with one attached hydrogen (secondary N) is 1. The van der Waals surface area contributed by atoms with Gasteiger partial charge in [0, 0.05) is 31.1 Å². The summed E-state index contributed by atoms with van der Waals surface area (Å²) in [6.45, 7) is 2.87. The fourth-order valence-electron chi connectivity index (χ4n) is 2.15. The van der Waals surface area contributed by atoms with E-state index in [1.807, 2.05) is 17.8 Å². The highest BCUT2D eigenvalue weighted by Gasteiger charge is 2.21. The summed E-state index contributed by atoms with van der Waals surface area (Å²) >= 11 is 0. The molecule has 0 aliphatic heterocycles. The van der Waals surface area contributed by atoms with E-state index < -0.39 is 0 Å². The van der Waals surface area contributed by atoms with Crippen molar-refractivity contribution in [2.45, 2.75) is 19.4 Å². The quantitative estimate of drug-likeness (QED) is 0.882. The van der Waals surface area contributed by atoms with Crippen LogP contribution in [0.2, 0.25) is 0 Å². The molecule has 0 bridgehead atoms. The summed E-state index contributed by atoms with van der Waals surface area (Å²) in [6.07, 6.45) is 4.55. The Morgan fingerprint density at radius 3 is 2.80 bits per heavy atom. The van der Waals surface area contributed by atoms with Crippen LogP contribution in [-0.2, 0) is 7.05 Å². The lowest BCUT2D eigenvalue weighted by Gasteiger charge is -2.19. The first-order valence-electron chi connectivity index (χ1n) is 6.71. The largest absolute Gasteiger partial charge is 0.497 e. The van der Waals surface area contributed by atoms with Gasteiger partial charge in [0.05, 0.1) is 13.2 Å². The topological polar surface area (TPSA) is 39.1 Å². The molecule has 0 aliphatic rings. The maximum absolute atomic E-state index is 14.3. The number of methoxy groups -OCH3 is 1. The van der Waals surface area contributed by atoms with Crippen LogP contribution in [0.3, 0.4) is 0 Å². The molecule has 1 N–H and O–H groups in total. The first-order valence-corrected chi connectivity index (χ1v) is 6.71. The van der Waals surface area contributed by atoms with Crippen molar-refractivity contribution in [3.63, 3.8) is 0 Å². The number of hydrogen-bond acceptors (Lipinski definition) is 3. The minimum absolute atomic E-state index is 0.263. The standard InChI is InChI=1S/C15H20FN3O/c1-4-7-17-14(15-18-8-9-19(15)2)12-6-5-11(20-3)10-13(12)16/h5-6,8-10,14,17H,4,7H2,1-3H3. The van der Waals surface area contributed by atoms with Crippen molar-refractivity contribution in [2.75, 3.05) is 13.7 Å². The number of halogens is 1. The van der Waals surface area contributed by atoms with Crippen molar-refractivity contribution in [3.05, 3.63) is 47.8 Å². The molecular weight excluding hydrogens is 257 g/mol. The molecule has 0 fully saturated rings. The smallest absolute Gasteiger partial charge is 0.132 e. The van der Waals surface area contributed by atoms with E-state index in [4.69, 9.17) is 4.74 Å². The summed E-state index contributed by atoms with van der Waals surface area (Å²) < 4.78 is 21.2. The number of aromatic nitrogens is 2. The minimum atomic E-state index is -0.291. The van der Waals surface area contributed by atoms with Crippen LogP contribution in [0.1, 0.15) is 30.8 Å². The van der Waals surface area contributed by atoms with Crippen molar-refractivity contribution in [3.8, 4) is 5.75 Å². The number of nitrogens with zero attached hydrogens (tertiary/aromatic N) is 2. The van der Waals surface area contributed by atoms with E-state index in [-0.39, 0.29) is 11.9 Å². The number of imidazole rings is 1. The van der Waals surface area contributed by atoms with Gasteiger partial charge in [-0.2, -0.15) is 0 Å². The molecule has 20 heavy (non-hydrogen) atoms. The fraction of sp³-hybridized carbons (Fsp3) is 0.400. The predicted octanol–water partition coefficient (Wildman–Crippen LogP) is 2.66. The Hall–Kier alpha value is -1.88. The van der Waals surface area contributed by atoms with E-state index in [2.05, 4.69) is 17.2 Å². The Morgan fingerprint density at radius 1 is 1.45 bits per heavy atom. The molecule has 1 aromatic heterocycles. The van der Waals surface area contributed by atoms with Gasteiger partial charge in [-0.3, -0.25) is 0 Å². The fourth-order valence-corrected chi connectivity index (χ4v) is 2.15. The normalized spacial score (nSPS) is 12.4. The van der Waals surface area contributed by atoms with Crippen molar-refractivity contribution in [2.24, 2.45) is 7.05 Å². The third kappa shape index (κ3) is 2.99. The van der Waals surface area contributed by atoms with Crippen LogP contribution in [0, 0.1) is 5.82 Å². The van der Waals surface area contributed by atoms with E-state index in [1.165, 1.54) is 13.2 Å². The highest BCUT2D eigenvalue weighted by molar-refractivity contribution is 5.33. The lowest BCUT2D eigenvalue weighted by Crippen LogP contribution is -2.26. The Balaban J connectivity index is 2.38. The maximum atomic E-state index is 14.3. The summed E-state index contributed by atoms with van der Waals surface area (Å²) in [7, 11) is 3.43. The maximum Gasteiger partial charge on any atom is 0.132 e.